The van der Waals surface area contributed by atoms with Crippen LogP contribution in [0.3, 0.4) is 0 Å². The fourth-order valence-corrected chi connectivity index (χ4v) is 2.30. The van der Waals surface area contributed by atoms with Crippen molar-refractivity contribution in [3.63, 3.8) is 0 Å². The zero-order valence-corrected chi connectivity index (χ0v) is 12.2. The van der Waals surface area contributed by atoms with Crippen LogP contribution in [0.25, 0.3) is 0 Å². The van der Waals surface area contributed by atoms with Crippen molar-refractivity contribution >= 4 is 17.8 Å². The lowest BCUT2D eigenvalue weighted by atomic mass is 9.89. The second-order valence-corrected chi connectivity index (χ2v) is 5.24. The van der Waals surface area contributed by atoms with E-state index in [1.54, 1.807) is 0 Å². The van der Waals surface area contributed by atoms with E-state index in [9.17, 15) is 32.7 Å². The average Bonchev–Trinajstić information content (AvgIpc) is 2.49. The molecule has 0 aliphatic carbocycles. The van der Waals surface area contributed by atoms with Crippen molar-refractivity contribution in [2.45, 2.75) is 18.2 Å². The molecule has 0 aromatic heterocycles. The van der Waals surface area contributed by atoms with E-state index in [2.05, 4.69) is 0 Å². The van der Waals surface area contributed by atoms with Gasteiger partial charge >= 0.3 is 12.2 Å². The predicted octanol–water partition coefficient (Wildman–Crippen LogP) is 1.03. The van der Waals surface area contributed by atoms with Crippen molar-refractivity contribution in [2.75, 3.05) is 14.1 Å². The molecule has 1 heterocycles. The molecule has 1 aliphatic rings. The van der Waals surface area contributed by atoms with E-state index >= 15 is 0 Å². The third kappa shape index (κ3) is 2.79. The number of hydrogen-bond donors (Lipinski definition) is 1. The molecule has 0 saturated carbocycles. The second kappa shape index (κ2) is 5.34. The molecule has 1 saturated heterocycles. The van der Waals surface area contributed by atoms with Crippen LogP contribution in [0.4, 0.5) is 18.0 Å². The normalized spacial score (nSPS) is 18.6. The van der Waals surface area contributed by atoms with Gasteiger partial charge in [-0.15, -0.1) is 0 Å². The van der Waals surface area contributed by atoms with Gasteiger partial charge in [0.25, 0.3) is 11.8 Å². The molecule has 9 heteroatoms. The van der Waals surface area contributed by atoms with Gasteiger partial charge in [0.15, 0.2) is 0 Å². The highest BCUT2D eigenvalue weighted by Crippen LogP contribution is 2.30. The van der Waals surface area contributed by atoms with Crippen molar-refractivity contribution in [1.29, 1.82) is 0 Å². The molecular formula is C14H13F3N2O4. The second-order valence-electron chi connectivity index (χ2n) is 5.24. The lowest BCUT2D eigenvalue weighted by Crippen LogP contribution is -2.67. The molecule has 2 rings (SSSR count). The first-order chi connectivity index (χ1) is 10.5. The number of urea groups is 1. The number of rotatable bonds is 2. The average molecular weight is 330 g/mol. The number of amides is 4. The summed E-state index contributed by atoms with van der Waals surface area (Å²) in [6, 6.07) is 2.82. The Morgan fingerprint density at radius 2 is 1.43 bits per heavy atom. The molecule has 1 aromatic carbocycles. The topological polar surface area (TPSA) is 77.9 Å². The quantitative estimate of drug-likeness (QED) is 0.822. The van der Waals surface area contributed by atoms with E-state index in [1.165, 1.54) is 0 Å². The predicted molar refractivity (Wildman–Crippen MR) is 71.0 cm³/mol. The first-order valence-corrected chi connectivity index (χ1v) is 6.47. The highest BCUT2D eigenvalue weighted by Gasteiger charge is 2.54. The maximum atomic E-state index is 12.5. The Hall–Kier alpha value is -2.42. The van der Waals surface area contributed by atoms with Crippen LogP contribution in [0, 0.1) is 0 Å². The third-order valence-corrected chi connectivity index (χ3v) is 3.63. The van der Waals surface area contributed by atoms with Gasteiger partial charge < -0.3 is 5.11 Å². The summed E-state index contributed by atoms with van der Waals surface area (Å²) in [7, 11) is 2.21. The van der Waals surface area contributed by atoms with Crippen LogP contribution in [-0.2, 0) is 22.2 Å². The summed E-state index contributed by atoms with van der Waals surface area (Å²) in [5.41, 5.74) is -3.27. The standard InChI is InChI=1S/C14H13F3N2O4/c1-18-10(20)13(23,11(21)19(2)12(18)22)7-8-3-5-9(6-4-8)14(15,16)17/h3-6,23H,7H2,1-2H3. The number of barbiturate groups is 1. The highest BCUT2D eigenvalue weighted by atomic mass is 19.4. The molecule has 0 bridgehead atoms. The van der Waals surface area contributed by atoms with Gasteiger partial charge in [-0.1, -0.05) is 12.1 Å². The van der Waals surface area contributed by atoms with Gasteiger partial charge in [0.1, 0.15) is 0 Å². The maximum absolute atomic E-state index is 12.5. The van der Waals surface area contributed by atoms with E-state index in [4.69, 9.17) is 0 Å². The van der Waals surface area contributed by atoms with Gasteiger partial charge in [-0.05, 0) is 17.7 Å². The zero-order chi connectivity index (χ0) is 17.6. The van der Waals surface area contributed by atoms with Gasteiger partial charge in [0.2, 0.25) is 5.60 Å². The first kappa shape index (κ1) is 16.9. The number of benzene rings is 1. The van der Waals surface area contributed by atoms with E-state index in [-0.39, 0.29) is 5.56 Å². The summed E-state index contributed by atoms with van der Waals surface area (Å²) < 4.78 is 37.5. The SMILES string of the molecule is CN1C(=O)N(C)C(=O)C(O)(Cc2ccc(C(F)(F)F)cc2)C1=O. The molecule has 6 nitrogen and oxygen atoms in total. The van der Waals surface area contributed by atoms with Crippen LogP contribution in [0.15, 0.2) is 24.3 Å². The van der Waals surface area contributed by atoms with Crippen molar-refractivity contribution < 1.29 is 32.7 Å². The largest absolute Gasteiger partial charge is 0.416 e. The summed E-state index contributed by atoms with van der Waals surface area (Å²) in [5, 5.41) is 10.4. The molecule has 0 radical (unpaired) electrons. The third-order valence-electron chi connectivity index (χ3n) is 3.63. The van der Waals surface area contributed by atoms with Crippen molar-refractivity contribution in [3.8, 4) is 0 Å². The maximum Gasteiger partial charge on any atom is 0.416 e. The van der Waals surface area contributed by atoms with E-state index in [1.807, 2.05) is 0 Å². The molecule has 1 aromatic rings. The minimum Gasteiger partial charge on any atom is -0.371 e. The Morgan fingerprint density at radius 3 is 1.83 bits per heavy atom. The van der Waals surface area contributed by atoms with Gasteiger partial charge in [-0.3, -0.25) is 19.4 Å². The summed E-state index contributed by atoms with van der Waals surface area (Å²) in [6.45, 7) is 0. The Labute approximate surface area is 129 Å². The molecular weight excluding hydrogens is 317 g/mol. The Balaban J connectivity index is 2.32. The molecule has 23 heavy (non-hydrogen) atoms. The number of halogens is 3. The van der Waals surface area contributed by atoms with Crippen molar-refractivity contribution in [2.24, 2.45) is 0 Å². The summed E-state index contributed by atoms with van der Waals surface area (Å²) in [6.07, 6.45) is -5.05. The number of carbonyl (C=O) groups is 3. The zero-order valence-electron chi connectivity index (χ0n) is 12.2. The molecule has 1 aliphatic heterocycles. The van der Waals surface area contributed by atoms with Crippen LogP contribution < -0.4 is 0 Å². The minimum absolute atomic E-state index is 0.151. The van der Waals surface area contributed by atoms with Gasteiger partial charge in [-0.25, -0.2) is 4.79 Å². The Bertz CT molecular complexity index is 646. The molecule has 124 valence electrons. The number of likely N-dealkylation sites (N-methyl/N-ethyl adjacent to an activating group) is 2. The van der Waals surface area contributed by atoms with Gasteiger partial charge in [0.05, 0.1) is 5.56 Å². The molecule has 4 amide bonds. The number of nitrogens with zero attached hydrogens (tertiary/aromatic N) is 2. The molecule has 1 N–H and O–H groups in total. The van der Waals surface area contributed by atoms with E-state index < -0.39 is 41.6 Å². The molecule has 0 unspecified atom stereocenters. The smallest absolute Gasteiger partial charge is 0.371 e. The molecule has 0 atom stereocenters. The Kier molecular flexibility index (Phi) is 3.93. The van der Waals surface area contributed by atoms with Crippen LogP contribution in [0.2, 0.25) is 0 Å². The minimum atomic E-state index is -4.52. The summed E-state index contributed by atoms with van der Waals surface area (Å²) >= 11 is 0. The lowest BCUT2D eigenvalue weighted by molar-refractivity contribution is -0.167. The first-order valence-electron chi connectivity index (χ1n) is 6.47. The van der Waals surface area contributed by atoms with E-state index in [0.29, 0.717) is 9.80 Å². The fraction of sp³-hybridized carbons (Fsp3) is 0.357. The summed E-state index contributed by atoms with van der Waals surface area (Å²) in [4.78, 5) is 36.9. The highest BCUT2D eigenvalue weighted by molar-refractivity contribution is 6.21. The fourth-order valence-electron chi connectivity index (χ4n) is 2.30. The van der Waals surface area contributed by atoms with Crippen molar-refractivity contribution in [1.82, 2.24) is 9.80 Å². The molecule has 0 spiro atoms. The number of hydrogen-bond acceptors (Lipinski definition) is 4. The molecule has 1 fully saturated rings. The van der Waals surface area contributed by atoms with Crippen molar-refractivity contribution in [3.05, 3.63) is 35.4 Å². The Morgan fingerprint density at radius 1 is 1.00 bits per heavy atom. The number of alkyl halides is 3. The van der Waals surface area contributed by atoms with Crippen LogP contribution in [0.5, 0.6) is 0 Å². The van der Waals surface area contributed by atoms with E-state index in [0.717, 1.165) is 38.4 Å². The van der Waals surface area contributed by atoms with Crippen LogP contribution in [-0.4, -0.2) is 52.4 Å². The van der Waals surface area contributed by atoms with Gasteiger partial charge in [-0.2, -0.15) is 13.2 Å². The lowest BCUT2D eigenvalue weighted by Gasteiger charge is -2.38. The van der Waals surface area contributed by atoms with Crippen LogP contribution >= 0.6 is 0 Å². The van der Waals surface area contributed by atoms with Crippen LogP contribution in [0.1, 0.15) is 11.1 Å². The number of aliphatic hydroxyl groups is 1. The number of imide groups is 2. The number of carbonyl (C=O) groups excluding carboxylic acids is 3. The van der Waals surface area contributed by atoms with Gasteiger partial charge in [0, 0.05) is 20.5 Å². The monoisotopic (exact) mass is 330 g/mol. The summed E-state index contributed by atoms with van der Waals surface area (Å²) in [5.74, 6) is -2.24.